The number of nitrogens with two attached hydrogens (primary N) is 1. The zero-order valence-electron chi connectivity index (χ0n) is 8.36. The lowest BCUT2D eigenvalue weighted by Gasteiger charge is -2.00. The molecule has 0 aliphatic rings. The monoisotopic (exact) mass is 189 g/mol. The van der Waals surface area contributed by atoms with E-state index in [0.717, 1.165) is 12.8 Å². The minimum atomic E-state index is 0.00978. The molecule has 0 saturated heterocycles. The predicted molar refractivity (Wildman–Crippen MR) is 57.7 cm³/mol. The lowest BCUT2D eigenvalue weighted by Crippen LogP contribution is -2.01. The minimum Gasteiger partial charge on any atom is -0.402 e. The quantitative estimate of drug-likeness (QED) is 0.737. The molecular formula is C12H15NO. The van der Waals surface area contributed by atoms with Crippen LogP contribution >= 0.6 is 0 Å². The van der Waals surface area contributed by atoms with Crippen LogP contribution in [-0.4, -0.2) is 5.78 Å². The molecule has 0 saturated carbocycles. The highest BCUT2D eigenvalue weighted by molar-refractivity contribution is 5.87. The van der Waals surface area contributed by atoms with Gasteiger partial charge in [-0.3, -0.25) is 4.79 Å². The topological polar surface area (TPSA) is 43.1 Å². The summed E-state index contributed by atoms with van der Waals surface area (Å²) in [5.74, 6) is 0.00978. The molecule has 0 aromatic heterocycles. The van der Waals surface area contributed by atoms with Crippen LogP contribution in [0.5, 0.6) is 0 Å². The summed E-state index contributed by atoms with van der Waals surface area (Å²) in [5, 5.41) is 0. The van der Waals surface area contributed by atoms with E-state index in [1.54, 1.807) is 0 Å². The van der Waals surface area contributed by atoms with E-state index < -0.39 is 0 Å². The zero-order valence-corrected chi connectivity index (χ0v) is 8.36. The molecule has 0 heterocycles. The molecule has 0 aliphatic heterocycles. The molecular weight excluding hydrogens is 174 g/mol. The average Bonchev–Trinajstić information content (AvgIpc) is 2.15. The molecule has 0 amide bonds. The maximum absolute atomic E-state index is 10.7. The Kier molecular flexibility index (Phi) is 3.92. The first-order valence-electron chi connectivity index (χ1n) is 4.69. The first-order valence-corrected chi connectivity index (χ1v) is 4.69. The lowest BCUT2D eigenvalue weighted by atomic mass is 10.1. The fourth-order valence-corrected chi connectivity index (χ4v) is 1.27. The summed E-state index contributed by atoms with van der Waals surface area (Å²) in [6.07, 6.45) is 3.11. The fraction of sp³-hybridized carbons (Fsp3) is 0.250. The normalized spacial score (nSPS) is 11.4. The molecule has 0 spiro atoms. The third-order valence-corrected chi connectivity index (χ3v) is 1.93. The number of ketones is 1. The number of aryl methyl sites for hydroxylation is 1. The molecule has 0 aliphatic carbocycles. The van der Waals surface area contributed by atoms with Gasteiger partial charge in [-0.2, -0.15) is 0 Å². The summed E-state index contributed by atoms with van der Waals surface area (Å²) in [6, 6.07) is 10.1. The molecule has 0 radical (unpaired) electrons. The summed E-state index contributed by atoms with van der Waals surface area (Å²) in [5.41, 5.74) is 7.56. The zero-order chi connectivity index (χ0) is 10.4. The highest BCUT2D eigenvalue weighted by Gasteiger charge is 1.95. The van der Waals surface area contributed by atoms with Crippen LogP contribution in [0.25, 0.3) is 0 Å². The van der Waals surface area contributed by atoms with E-state index in [-0.39, 0.29) is 5.78 Å². The molecule has 1 rings (SSSR count). The highest BCUT2D eigenvalue weighted by atomic mass is 16.1. The molecule has 0 atom stereocenters. The lowest BCUT2D eigenvalue weighted by molar-refractivity contribution is -0.112. The number of carbonyl (C=O) groups is 1. The van der Waals surface area contributed by atoms with Crippen LogP contribution in [-0.2, 0) is 11.2 Å². The predicted octanol–water partition coefficient (Wildman–Crippen LogP) is 2.05. The Hall–Kier alpha value is -1.57. The molecule has 1 aromatic carbocycles. The van der Waals surface area contributed by atoms with Gasteiger partial charge in [-0.05, 0) is 31.4 Å². The van der Waals surface area contributed by atoms with E-state index >= 15 is 0 Å². The van der Waals surface area contributed by atoms with Crippen LogP contribution in [0.4, 0.5) is 0 Å². The van der Waals surface area contributed by atoms with Gasteiger partial charge in [-0.25, -0.2) is 0 Å². The van der Waals surface area contributed by atoms with E-state index in [4.69, 9.17) is 5.73 Å². The Labute approximate surface area is 84.4 Å². The van der Waals surface area contributed by atoms with Crippen LogP contribution in [0.3, 0.4) is 0 Å². The van der Waals surface area contributed by atoms with E-state index in [9.17, 15) is 4.79 Å². The maximum atomic E-state index is 10.7. The van der Waals surface area contributed by atoms with Crippen molar-refractivity contribution in [3.8, 4) is 0 Å². The number of allylic oxidation sites excluding steroid dienone is 2. The molecule has 74 valence electrons. The molecule has 2 heteroatoms. The summed E-state index contributed by atoms with van der Waals surface area (Å²) in [4.78, 5) is 10.7. The van der Waals surface area contributed by atoms with Gasteiger partial charge in [-0.1, -0.05) is 30.3 Å². The van der Waals surface area contributed by atoms with Gasteiger partial charge in [0.2, 0.25) is 0 Å². The second-order valence-electron chi connectivity index (χ2n) is 3.32. The minimum absolute atomic E-state index is 0.00978. The maximum Gasteiger partial charge on any atom is 0.154 e. The van der Waals surface area contributed by atoms with Gasteiger partial charge >= 0.3 is 0 Å². The van der Waals surface area contributed by atoms with E-state index in [1.165, 1.54) is 18.6 Å². The van der Waals surface area contributed by atoms with Gasteiger partial charge in [0, 0.05) is 5.70 Å². The molecule has 2 nitrogen and oxygen atoms in total. The summed E-state index contributed by atoms with van der Waals surface area (Å²) < 4.78 is 0. The summed E-state index contributed by atoms with van der Waals surface area (Å²) >= 11 is 0. The number of benzene rings is 1. The van der Waals surface area contributed by atoms with Crippen molar-refractivity contribution in [2.45, 2.75) is 19.8 Å². The van der Waals surface area contributed by atoms with Crippen molar-refractivity contribution in [3.05, 3.63) is 47.7 Å². The second kappa shape index (κ2) is 5.22. The highest BCUT2D eigenvalue weighted by Crippen LogP contribution is 2.05. The van der Waals surface area contributed by atoms with Crippen LogP contribution in [0.1, 0.15) is 18.9 Å². The summed E-state index contributed by atoms with van der Waals surface area (Å²) in [6.45, 7) is 1.51. The van der Waals surface area contributed by atoms with Crippen LogP contribution in [0.2, 0.25) is 0 Å². The molecule has 0 bridgehead atoms. The van der Waals surface area contributed by atoms with Crippen LogP contribution < -0.4 is 5.73 Å². The second-order valence-corrected chi connectivity index (χ2v) is 3.32. The first-order chi connectivity index (χ1) is 6.68. The molecule has 0 unspecified atom stereocenters. The molecule has 2 N–H and O–H groups in total. The standard InChI is InChI=1S/C12H15NO/c1-10(14)9-12(13)8-7-11-5-3-2-4-6-11/h2-6,9H,7-8,13H2,1H3/b12-9-. The van der Waals surface area contributed by atoms with Crippen LogP contribution in [0, 0.1) is 0 Å². The Morgan fingerprint density at radius 1 is 1.36 bits per heavy atom. The van der Waals surface area contributed by atoms with Crippen molar-refractivity contribution in [1.82, 2.24) is 0 Å². The third kappa shape index (κ3) is 3.90. The first kappa shape index (κ1) is 10.5. The van der Waals surface area contributed by atoms with Crippen molar-refractivity contribution in [2.75, 3.05) is 0 Å². The SMILES string of the molecule is CC(=O)/C=C(\N)CCc1ccccc1. The number of hydrogen-bond acceptors (Lipinski definition) is 2. The van der Waals surface area contributed by atoms with Crippen LogP contribution in [0.15, 0.2) is 42.1 Å². The van der Waals surface area contributed by atoms with E-state index in [2.05, 4.69) is 12.1 Å². The van der Waals surface area contributed by atoms with Gasteiger partial charge < -0.3 is 5.73 Å². The number of hydrogen-bond donors (Lipinski definition) is 1. The van der Waals surface area contributed by atoms with Crippen molar-refractivity contribution in [2.24, 2.45) is 5.73 Å². The Morgan fingerprint density at radius 3 is 2.57 bits per heavy atom. The van der Waals surface area contributed by atoms with Gasteiger partial charge in [-0.15, -0.1) is 0 Å². The molecule has 0 fully saturated rings. The van der Waals surface area contributed by atoms with E-state index in [0.29, 0.717) is 5.70 Å². The van der Waals surface area contributed by atoms with Crippen molar-refractivity contribution in [3.63, 3.8) is 0 Å². The fourth-order valence-electron chi connectivity index (χ4n) is 1.27. The Morgan fingerprint density at radius 2 is 2.00 bits per heavy atom. The summed E-state index contributed by atoms with van der Waals surface area (Å²) in [7, 11) is 0. The third-order valence-electron chi connectivity index (χ3n) is 1.93. The number of rotatable bonds is 4. The van der Waals surface area contributed by atoms with Gasteiger partial charge in [0.15, 0.2) is 5.78 Å². The Balaban J connectivity index is 2.45. The van der Waals surface area contributed by atoms with Crippen molar-refractivity contribution >= 4 is 5.78 Å². The van der Waals surface area contributed by atoms with Crippen molar-refractivity contribution < 1.29 is 4.79 Å². The van der Waals surface area contributed by atoms with Gasteiger partial charge in [0.25, 0.3) is 0 Å². The van der Waals surface area contributed by atoms with E-state index in [1.807, 2.05) is 18.2 Å². The Bertz CT molecular complexity index is 327. The number of carbonyl (C=O) groups excluding carboxylic acids is 1. The molecule has 1 aromatic rings. The average molecular weight is 189 g/mol. The molecule has 14 heavy (non-hydrogen) atoms. The van der Waals surface area contributed by atoms with Crippen molar-refractivity contribution in [1.29, 1.82) is 0 Å². The van der Waals surface area contributed by atoms with Gasteiger partial charge in [0.1, 0.15) is 0 Å². The van der Waals surface area contributed by atoms with Gasteiger partial charge in [0.05, 0.1) is 0 Å². The largest absolute Gasteiger partial charge is 0.402 e. The smallest absolute Gasteiger partial charge is 0.154 e.